The molecule has 0 radical (unpaired) electrons. The van der Waals surface area contributed by atoms with Crippen molar-refractivity contribution >= 4 is 40.3 Å². The van der Waals surface area contributed by atoms with E-state index < -0.39 is 11.7 Å². The summed E-state index contributed by atoms with van der Waals surface area (Å²) in [7, 11) is 0. The maximum Gasteiger partial charge on any atom is 0.328 e. The van der Waals surface area contributed by atoms with Crippen LogP contribution in [-0.2, 0) is 9.53 Å². The number of ether oxygens (including phenoxy) is 1. The van der Waals surface area contributed by atoms with E-state index >= 15 is 4.39 Å². The third-order valence-corrected chi connectivity index (χ3v) is 12.9. The van der Waals surface area contributed by atoms with E-state index in [9.17, 15) is 19.5 Å². The minimum atomic E-state index is -1.38. The average molecular weight is 849 g/mol. The van der Waals surface area contributed by atoms with Gasteiger partial charge in [0, 0.05) is 106 Å². The molecule has 4 fully saturated rings. The predicted octanol–water partition coefficient (Wildman–Crippen LogP) is 4.93. The molecule has 2 aromatic carbocycles. The van der Waals surface area contributed by atoms with Crippen molar-refractivity contribution in [1.29, 1.82) is 0 Å². The maximum absolute atomic E-state index is 16.4. The molecule has 15 nitrogen and oxygen atoms in total. The number of carbonyl (C=O) groups excluding carboxylic acids is 3. The Morgan fingerprint density at radius 1 is 0.968 bits per heavy atom. The zero-order valence-corrected chi connectivity index (χ0v) is 35.6. The number of piperidine rings is 2. The van der Waals surface area contributed by atoms with Gasteiger partial charge >= 0.3 is 6.03 Å². The summed E-state index contributed by atoms with van der Waals surface area (Å²) in [5, 5.41) is 13.7. The lowest BCUT2D eigenvalue weighted by Gasteiger charge is -2.41. The number of carbonyl (C=O) groups is 3. The number of hydrogen-bond donors (Lipinski definition) is 5. The van der Waals surface area contributed by atoms with Gasteiger partial charge in [0.1, 0.15) is 29.0 Å². The molecule has 4 aliphatic heterocycles. The lowest BCUT2D eigenvalue weighted by Crippen LogP contribution is -2.51. The molecule has 0 aliphatic carbocycles. The molecule has 8 rings (SSSR count). The highest BCUT2D eigenvalue weighted by atomic mass is 19.1. The Labute approximate surface area is 360 Å². The number of aromatic hydroxyl groups is 1. The first-order chi connectivity index (χ1) is 29.7. The van der Waals surface area contributed by atoms with Gasteiger partial charge in [-0.15, -0.1) is 0 Å². The summed E-state index contributed by atoms with van der Waals surface area (Å²) in [6.07, 6.45) is 7.47. The van der Waals surface area contributed by atoms with E-state index in [1.165, 1.54) is 0 Å². The van der Waals surface area contributed by atoms with Crippen LogP contribution in [0.1, 0.15) is 83.8 Å². The molecule has 2 aromatic heterocycles. The lowest BCUT2D eigenvalue weighted by atomic mass is 9.90. The molecule has 4 saturated heterocycles. The number of hydrogen-bond acceptors (Lipinski definition) is 11. The van der Waals surface area contributed by atoms with Crippen molar-refractivity contribution in [3.05, 3.63) is 106 Å². The molecule has 0 spiro atoms. The van der Waals surface area contributed by atoms with E-state index in [4.69, 9.17) is 26.9 Å². The van der Waals surface area contributed by atoms with Gasteiger partial charge in [0.2, 0.25) is 5.91 Å². The number of phenols is 1. The van der Waals surface area contributed by atoms with Gasteiger partial charge in [-0.1, -0.05) is 24.3 Å². The Balaban J connectivity index is 0.850. The number of aromatic nitrogens is 2. The average Bonchev–Trinajstić information content (AvgIpc) is 3.57. The van der Waals surface area contributed by atoms with Gasteiger partial charge in [-0.05, 0) is 80.6 Å². The highest BCUT2D eigenvalue weighted by Gasteiger charge is 2.39. The fourth-order valence-electron chi connectivity index (χ4n) is 9.47. The van der Waals surface area contributed by atoms with E-state index in [1.54, 1.807) is 46.3 Å². The SMILES string of the molecule is Cc1cc(C2CN(C(/C=C(\N)c3ccccc3O)=C(N)N)CC(C)O2)ccc1C(=O)N1CCC(F)(CN2CCC(n3cc(C)c4cc(N5CCC(=O)NC5=O)cnc43)CC2)CC1. The molecule has 4 aliphatic rings. The number of nitrogens with one attached hydrogen (secondary N) is 1. The number of amides is 4. The van der Waals surface area contributed by atoms with Gasteiger partial charge in [-0.25, -0.2) is 14.2 Å². The molecule has 0 saturated carbocycles. The van der Waals surface area contributed by atoms with Crippen LogP contribution in [0.25, 0.3) is 16.7 Å². The zero-order valence-electron chi connectivity index (χ0n) is 35.6. The molecule has 2 unspecified atom stereocenters. The highest BCUT2D eigenvalue weighted by molar-refractivity contribution is 6.06. The first-order valence-corrected chi connectivity index (χ1v) is 21.5. The molecule has 2 atom stereocenters. The first-order valence-electron chi connectivity index (χ1n) is 21.5. The number of rotatable bonds is 9. The number of nitrogens with two attached hydrogens (primary N) is 3. The van der Waals surface area contributed by atoms with Gasteiger partial charge in [0.25, 0.3) is 5.91 Å². The summed E-state index contributed by atoms with van der Waals surface area (Å²) in [6, 6.07) is 14.3. The molecule has 6 heterocycles. The van der Waals surface area contributed by atoms with Crippen molar-refractivity contribution in [2.45, 2.75) is 76.8 Å². The number of morpholine rings is 1. The van der Waals surface area contributed by atoms with E-state index in [-0.39, 0.29) is 60.9 Å². The fourth-order valence-corrected chi connectivity index (χ4v) is 9.47. The van der Waals surface area contributed by atoms with Crippen molar-refractivity contribution in [1.82, 2.24) is 29.6 Å². The minimum absolute atomic E-state index is 0.0534. The van der Waals surface area contributed by atoms with Crippen LogP contribution in [0.15, 0.2) is 78.5 Å². The number of fused-ring (bicyclic) bond motifs is 1. The summed E-state index contributed by atoms with van der Waals surface area (Å²) in [5.74, 6) is -0.232. The minimum Gasteiger partial charge on any atom is -0.507 e. The number of benzene rings is 2. The number of alkyl halides is 1. The van der Waals surface area contributed by atoms with Crippen LogP contribution < -0.4 is 27.4 Å². The number of imide groups is 1. The third-order valence-electron chi connectivity index (χ3n) is 12.9. The summed E-state index contributed by atoms with van der Waals surface area (Å²) >= 11 is 0. The van der Waals surface area contributed by atoms with E-state index in [0.29, 0.717) is 67.5 Å². The Bertz CT molecular complexity index is 2430. The van der Waals surface area contributed by atoms with Crippen molar-refractivity contribution in [3.63, 3.8) is 0 Å². The monoisotopic (exact) mass is 848 g/mol. The third kappa shape index (κ3) is 8.79. The molecular weight excluding hydrogens is 792 g/mol. The number of nitrogens with zero attached hydrogens (tertiary/aromatic N) is 6. The maximum atomic E-state index is 16.4. The quantitative estimate of drug-likeness (QED) is 0.143. The number of halogens is 1. The van der Waals surface area contributed by atoms with Gasteiger partial charge in [-0.2, -0.15) is 0 Å². The Morgan fingerprint density at radius 2 is 1.71 bits per heavy atom. The molecular formula is C46H57FN10O5. The summed E-state index contributed by atoms with van der Waals surface area (Å²) in [6.45, 7) is 9.73. The van der Waals surface area contributed by atoms with E-state index in [0.717, 1.165) is 53.7 Å². The molecule has 4 amide bonds. The lowest BCUT2D eigenvalue weighted by molar-refractivity contribution is -0.120. The smallest absolute Gasteiger partial charge is 0.328 e. The molecule has 4 aromatic rings. The zero-order chi connectivity index (χ0) is 43.9. The first kappa shape index (κ1) is 42.6. The van der Waals surface area contributed by atoms with Crippen molar-refractivity contribution in [3.8, 4) is 5.75 Å². The molecule has 8 N–H and O–H groups in total. The van der Waals surface area contributed by atoms with Crippen LogP contribution in [0.2, 0.25) is 0 Å². The topological polar surface area (TPSA) is 202 Å². The number of likely N-dealkylation sites (tertiary alicyclic amines) is 2. The van der Waals surface area contributed by atoms with Gasteiger partial charge in [0.05, 0.1) is 23.7 Å². The number of pyridine rings is 1. The van der Waals surface area contributed by atoms with Gasteiger partial charge in [0.15, 0.2) is 0 Å². The number of phenolic OH excluding ortho intramolecular Hbond substituents is 1. The molecule has 16 heteroatoms. The van der Waals surface area contributed by atoms with Crippen LogP contribution in [0.5, 0.6) is 5.75 Å². The van der Waals surface area contributed by atoms with Crippen LogP contribution in [0, 0.1) is 13.8 Å². The highest BCUT2D eigenvalue weighted by Crippen LogP contribution is 2.35. The molecule has 0 bridgehead atoms. The second-order valence-electron chi connectivity index (χ2n) is 17.4. The number of urea groups is 1. The Morgan fingerprint density at radius 3 is 2.40 bits per heavy atom. The van der Waals surface area contributed by atoms with Crippen molar-refractivity contribution in [2.75, 3.05) is 57.3 Å². The van der Waals surface area contributed by atoms with E-state index in [2.05, 4.69) is 21.0 Å². The number of aryl methyl sites for hydroxylation is 2. The Hall–Kier alpha value is -6.13. The summed E-state index contributed by atoms with van der Waals surface area (Å²) < 4.78 is 25.0. The fraction of sp³-hybridized carbons (Fsp3) is 0.435. The number of para-hydroxylation sites is 1. The van der Waals surface area contributed by atoms with E-state index in [1.807, 2.05) is 49.9 Å². The standard InChI is InChI=1S/C46H57FN10O5/c1-28-20-31(40-26-55(25-30(3)62-40)38(42(49)50)22-37(48)35-6-4-5-7-39(35)58)8-9-34(28)44(60)54-18-13-46(47,14-19-54)27-53-15-10-32(11-16-53)57-24-29(2)36-21-33(23-51-43(36)57)56-17-12-41(59)52-45(56)61/h4-9,20-24,30,32,40,58H,10-19,25-27,48-50H2,1-3H3,(H,52,59,61)/b37-22-. The largest absolute Gasteiger partial charge is 0.507 e. The number of anilines is 1. The molecule has 62 heavy (non-hydrogen) atoms. The molecule has 328 valence electrons. The summed E-state index contributed by atoms with van der Waals surface area (Å²) in [4.78, 5) is 50.3. The van der Waals surface area contributed by atoms with Crippen LogP contribution in [0.4, 0.5) is 14.9 Å². The van der Waals surface area contributed by atoms with Crippen molar-refractivity contribution in [2.24, 2.45) is 17.2 Å². The van der Waals surface area contributed by atoms with Crippen LogP contribution >= 0.6 is 0 Å². The van der Waals surface area contributed by atoms with Gasteiger partial charge < -0.3 is 46.3 Å². The van der Waals surface area contributed by atoms with Gasteiger partial charge in [-0.3, -0.25) is 19.8 Å². The normalized spacial score (nSPS) is 21.6. The second kappa shape index (κ2) is 17.3. The van der Waals surface area contributed by atoms with Crippen LogP contribution in [0.3, 0.4) is 0 Å². The van der Waals surface area contributed by atoms with Crippen molar-refractivity contribution < 1.29 is 28.6 Å². The van der Waals surface area contributed by atoms with Crippen LogP contribution in [-0.4, -0.2) is 111 Å². The summed E-state index contributed by atoms with van der Waals surface area (Å²) in [5.41, 5.74) is 23.5. The predicted molar refractivity (Wildman–Crippen MR) is 235 cm³/mol. The Kier molecular flexibility index (Phi) is 11.9. The number of allylic oxidation sites excluding steroid dienone is 1. The second-order valence-corrected chi connectivity index (χ2v) is 17.4.